The fraction of sp³-hybridized carbons (Fsp3) is 0.273. The zero-order chi connectivity index (χ0) is 9.10. The minimum Gasteiger partial charge on any atom is -0.313 e. The molecular formula is C11H13NS. The van der Waals surface area contributed by atoms with Crippen LogP contribution in [0.15, 0.2) is 35.2 Å². The second kappa shape index (κ2) is 3.99. The van der Waals surface area contributed by atoms with Gasteiger partial charge in [0.15, 0.2) is 0 Å². The van der Waals surface area contributed by atoms with Gasteiger partial charge in [-0.3, -0.25) is 0 Å². The van der Waals surface area contributed by atoms with E-state index in [4.69, 9.17) is 0 Å². The molecule has 0 amide bonds. The zero-order valence-electron chi connectivity index (χ0n) is 7.46. The van der Waals surface area contributed by atoms with Gasteiger partial charge >= 0.3 is 0 Å². The zero-order valence-corrected chi connectivity index (χ0v) is 8.35. The van der Waals surface area contributed by atoms with Crippen molar-refractivity contribution in [3.05, 3.63) is 35.9 Å². The van der Waals surface area contributed by atoms with Gasteiger partial charge < -0.3 is 5.32 Å². The maximum absolute atomic E-state index is 4.45. The average Bonchev–Trinajstić information content (AvgIpc) is 2.20. The minimum absolute atomic E-state index is 0.984. The second-order valence-corrected chi connectivity index (χ2v) is 3.68. The van der Waals surface area contributed by atoms with Crippen LogP contribution in [0.25, 0.3) is 5.57 Å². The fourth-order valence-electron chi connectivity index (χ4n) is 1.61. The summed E-state index contributed by atoms with van der Waals surface area (Å²) in [5.41, 5.74) is 2.71. The summed E-state index contributed by atoms with van der Waals surface area (Å²) in [7, 11) is 0. The van der Waals surface area contributed by atoms with E-state index in [-0.39, 0.29) is 0 Å². The Morgan fingerprint density at radius 1 is 1.23 bits per heavy atom. The van der Waals surface area contributed by atoms with Gasteiger partial charge in [-0.1, -0.05) is 24.3 Å². The molecule has 1 aromatic carbocycles. The van der Waals surface area contributed by atoms with Gasteiger partial charge in [-0.15, -0.1) is 12.6 Å². The van der Waals surface area contributed by atoms with Gasteiger partial charge in [0.2, 0.25) is 0 Å². The Morgan fingerprint density at radius 2 is 2.08 bits per heavy atom. The number of rotatable bonds is 1. The molecule has 1 aromatic rings. The van der Waals surface area contributed by atoms with E-state index in [0.717, 1.165) is 24.4 Å². The van der Waals surface area contributed by atoms with E-state index >= 15 is 0 Å². The fourth-order valence-corrected chi connectivity index (χ4v) is 1.92. The Morgan fingerprint density at radius 3 is 2.77 bits per heavy atom. The van der Waals surface area contributed by atoms with Crippen molar-refractivity contribution in [2.45, 2.75) is 11.3 Å². The van der Waals surface area contributed by atoms with E-state index in [2.05, 4.69) is 36.2 Å². The summed E-state index contributed by atoms with van der Waals surface area (Å²) in [6.07, 6.45) is 3.36. The van der Waals surface area contributed by atoms with E-state index in [9.17, 15) is 0 Å². The molecule has 1 heterocycles. The van der Waals surface area contributed by atoms with Crippen molar-refractivity contribution in [1.82, 2.24) is 5.32 Å². The van der Waals surface area contributed by atoms with Crippen LogP contribution >= 0.6 is 12.6 Å². The lowest BCUT2D eigenvalue weighted by atomic mass is 10.0. The molecule has 0 aromatic heterocycles. The molecule has 0 spiro atoms. The van der Waals surface area contributed by atoms with Crippen molar-refractivity contribution in [2.75, 3.05) is 13.1 Å². The molecule has 0 saturated carbocycles. The monoisotopic (exact) mass is 191 g/mol. The van der Waals surface area contributed by atoms with E-state index < -0.39 is 0 Å². The topological polar surface area (TPSA) is 12.0 Å². The Bertz CT molecular complexity index is 331. The van der Waals surface area contributed by atoms with Crippen molar-refractivity contribution < 1.29 is 0 Å². The van der Waals surface area contributed by atoms with Crippen LogP contribution in [0, 0.1) is 0 Å². The SMILES string of the molecule is Sc1ccccc1C1=CCNCC1. The Balaban J connectivity index is 2.34. The third-order valence-electron chi connectivity index (χ3n) is 2.31. The summed E-state index contributed by atoms with van der Waals surface area (Å²) >= 11 is 4.45. The first-order valence-electron chi connectivity index (χ1n) is 4.56. The molecule has 1 nitrogen and oxygen atoms in total. The summed E-state index contributed by atoms with van der Waals surface area (Å²) in [5, 5.41) is 3.30. The molecule has 0 unspecified atom stereocenters. The number of hydrogen-bond acceptors (Lipinski definition) is 2. The molecule has 2 heteroatoms. The summed E-state index contributed by atoms with van der Waals surface area (Å²) in [6.45, 7) is 2.06. The molecule has 13 heavy (non-hydrogen) atoms. The Hall–Kier alpha value is -0.730. The molecule has 1 aliphatic heterocycles. The average molecular weight is 191 g/mol. The smallest absolute Gasteiger partial charge is 0.0140 e. The van der Waals surface area contributed by atoms with Crippen LogP contribution in [-0.4, -0.2) is 13.1 Å². The van der Waals surface area contributed by atoms with Gasteiger partial charge in [0.1, 0.15) is 0 Å². The van der Waals surface area contributed by atoms with Crippen molar-refractivity contribution in [3.8, 4) is 0 Å². The third-order valence-corrected chi connectivity index (χ3v) is 2.70. The Kier molecular flexibility index (Phi) is 2.71. The number of benzene rings is 1. The molecule has 1 N–H and O–H groups in total. The predicted octanol–water partition coefficient (Wildman–Crippen LogP) is 2.35. The largest absolute Gasteiger partial charge is 0.313 e. The summed E-state index contributed by atoms with van der Waals surface area (Å²) in [4.78, 5) is 1.08. The van der Waals surface area contributed by atoms with Crippen LogP contribution in [-0.2, 0) is 0 Å². The molecule has 0 atom stereocenters. The highest BCUT2D eigenvalue weighted by molar-refractivity contribution is 7.80. The lowest BCUT2D eigenvalue weighted by Crippen LogP contribution is -2.20. The van der Waals surface area contributed by atoms with Gasteiger partial charge in [0.25, 0.3) is 0 Å². The maximum atomic E-state index is 4.45. The highest BCUT2D eigenvalue weighted by Gasteiger charge is 2.07. The molecule has 0 aliphatic carbocycles. The van der Waals surface area contributed by atoms with Gasteiger partial charge in [0, 0.05) is 11.4 Å². The lowest BCUT2D eigenvalue weighted by Gasteiger charge is -2.15. The van der Waals surface area contributed by atoms with Crippen molar-refractivity contribution >= 4 is 18.2 Å². The van der Waals surface area contributed by atoms with Gasteiger partial charge in [-0.2, -0.15) is 0 Å². The van der Waals surface area contributed by atoms with Crippen molar-refractivity contribution in [2.24, 2.45) is 0 Å². The van der Waals surface area contributed by atoms with Gasteiger partial charge in [-0.25, -0.2) is 0 Å². The number of thiol groups is 1. The lowest BCUT2D eigenvalue weighted by molar-refractivity contribution is 0.737. The van der Waals surface area contributed by atoms with Crippen LogP contribution in [0.5, 0.6) is 0 Å². The molecule has 0 fully saturated rings. The first kappa shape index (κ1) is 8.85. The van der Waals surface area contributed by atoms with E-state index in [1.165, 1.54) is 11.1 Å². The maximum Gasteiger partial charge on any atom is 0.0140 e. The van der Waals surface area contributed by atoms with Crippen LogP contribution in [0.4, 0.5) is 0 Å². The van der Waals surface area contributed by atoms with E-state index in [1.54, 1.807) is 0 Å². The molecule has 0 bridgehead atoms. The summed E-state index contributed by atoms with van der Waals surface area (Å²) < 4.78 is 0. The molecule has 68 valence electrons. The normalized spacial score (nSPS) is 16.8. The third kappa shape index (κ3) is 1.95. The van der Waals surface area contributed by atoms with Crippen molar-refractivity contribution in [1.29, 1.82) is 0 Å². The highest BCUT2D eigenvalue weighted by Crippen LogP contribution is 2.25. The first-order chi connectivity index (χ1) is 6.38. The quantitative estimate of drug-likeness (QED) is 0.649. The number of nitrogens with one attached hydrogen (secondary N) is 1. The predicted molar refractivity (Wildman–Crippen MR) is 59.2 cm³/mol. The van der Waals surface area contributed by atoms with E-state index in [1.807, 2.05) is 12.1 Å². The van der Waals surface area contributed by atoms with Crippen LogP contribution in [0.2, 0.25) is 0 Å². The highest BCUT2D eigenvalue weighted by atomic mass is 32.1. The molecular weight excluding hydrogens is 178 g/mol. The summed E-state index contributed by atoms with van der Waals surface area (Å²) in [6, 6.07) is 8.27. The van der Waals surface area contributed by atoms with Crippen LogP contribution in [0.3, 0.4) is 0 Å². The minimum atomic E-state index is 0.984. The van der Waals surface area contributed by atoms with Crippen LogP contribution < -0.4 is 5.32 Å². The Labute approximate surface area is 84.3 Å². The van der Waals surface area contributed by atoms with Crippen molar-refractivity contribution in [3.63, 3.8) is 0 Å². The standard InChI is InChI=1S/C11H13NS/c13-11-4-2-1-3-10(11)9-5-7-12-8-6-9/h1-5,12-13H,6-8H2. The molecule has 0 radical (unpaired) electrons. The molecule has 1 aliphatic rings. The molecule has 2 rings (SSSR count). The number of hydrogen-bond donors (Lipinski definition) is 2. The molecule has 0 saturated heterocycles. The summed E-state index contributed by atoms with van der Waals surface area (Å²) in [5.74, 6) is 0. The van der Waals surface area contributed by atoms with E-state index in [0.29, 0.717) is 0 Å². The second-order valence-electron chi connectivity index (χ2n) is 3.20. The van der Waals surface area contributed by atoms with Gasteiger partial charge in [0.05, 0.1) is 0 Å². The van der Waals surface area contributed by atoms with Crippen LogP contribution in [0.1, 0.15) is 12.0 Å². The first-order valence-corrected chi connectivity index (χ1v) is 5.01. The van der Waals surface area contributed by atoms with Gasteiger partial charge in [-0.05, 0) is 30.2 Å².